The van der Waals surface area contributed by atoms with Gasteiger partial charge >= 0.3 is 0 Å². The first-order chi connectivity index (χ1) is 14.5. The Labute approximate surface area is 188 Å². The van der Waals surface area contributed by atoms with Crippen LogP contribution in [0.5, 0.6) is 0 Å². The van der Waals surface area contributed by atoms with Crippen LogP contribution in [-0.2, 0) is 10.8 Å². The molecule has 1 N–H and O–H groups in total. The number of likely N-dealkylation sites (N-methyl/N-ethyl adjacent to an activating group) is 2. The zero-order chi connectivity index (χ0) is 22.6. The van der Waals surface area contributed by atoms with E-state index in [-0.39, 0.29) is 10.8 Å². The fraction of sp³-hybridized carbons (Fsp3) is 0.379. The number of quaternary nitrogens is 1. The minimum Gasteiger partial charge on any atom is -0.347 e. The first kappa shape index (κ1) is 21.6. The summed E-state index contributed by atoms with van der Waals surface area (Å²) < 4.78 is 0. The maximum atomic E-state index is 2.38. The summed E-state index contributed by atoms with van der Waals surface area (Å²) in [4.78, 5) is 3.81. The molecule has 0 fully saturated rings. The molecule has 2 atom stereocenters. The molecule has 0 saturated carbocycles. The fourth-order valence-corrected chi connectivity index (χ4v) is 5.63. The Morgan fingerprint density at radius 1 is 0.871 bits per heavy atom. The van der Waals surface area contributed by atoms with Crippen molar-refractivity contribution >= 4 is 11.4 Å². The van der Waals surface area contributed by atoms with Gasteiger partial charge in [-0.25, -0.2) is 0 Å². The van der Waals surface area contributed by atoms with E-state index >= 15 is 0 Å². The molecule has 0 radical (unpaired) electrons. The Balaban J connectivity index is 1.54. The molecule has 2 aromatic rings. The van der Waals surface area contributed by atoms with Crippen LogP contribution in [0.1, 0.15) is 49.9 Å². The summed E-state index contributed by atoms with van der Waals surface area (Å²) in [6, 6.07) is 14.1. The second-order valence-electron chi connectivity index (χ2n) is 10.5. The third-order valence-corrected chi connectivity index (χ3v) is 7.51. The molecule has 162 valence electrons. The third kappa shape index (κ3) is 3.47. The van der Waals surface area contributed by atoms with E-state index in [9.17, 15) is 0 Å². The summed E-state index contributed by atoms with van der Waals surface area (Å²) >= 11 is 0. The van der Waals surface area contributed by atoms with E-state index in [0.29, 0.717) is 6.04 Å². The van der Waals surface area contributed by atoms with Gasteiger partial charge in [-0.05, 0) is 63.6 Å². The van der Waals surface area contributed by atoms with Gasteiger partial charge in [0.1, 0.15) is 11.7 Å². The van der Waals surface area contributed by atoms with Crippen molar-refractivity contribution in [1.29, 1.82) is 0 Å². The largest absolute Gasteiger partial charge is 0.347 e. The standard InChI is InChI=1S/C29H36N2/c1-20-14-16-24-22(18-20)28(3,4)26(30(24)7)12-10-9-11-13-27-29(5,6)23-19-21(2)15-17-25(23)31(27)8/h9-19,26H,1-8H3/p+1. The molecule has 2 heteroatoms. The molecule has 0 aliphatic carbocycles. The molecule has 2 unspecified atom stereocenters. The van der Waals surface area contributed by atoms with Crippen molar-refractivity contribution in [2.75, 3.05) is 19.0 Å². The highest BCUT2D eigenvalue weighted by Crippen LogP contribution is 2.47. The average Bonchev–Trinajstić information content (AvgIpc) is 3.00. The van der Waals surface area contributed by atoms with Crippen LogP contribution in [0.25, 0.3) is 0 Å². The highest BCUT2D eigenvalue weighted by Gasteiger charge is 2.46. The first-order valence-corrected chi connectivity index (χ1v) is 11.4. The Kier molecular flexibility index (Phi) is 5.26. The van der Waals surface area contributed by atoms with Crippen molar-refractivity contribution in [1.82, 2.24) is 0 Å². The lowest BCUT2D eigenvalue weighted by Gasteiger charge is -2.25. The van der Waals surface area contributed by atoms with Crippen molar-refractivity contribution in [2.45, 2.75) is 58.4 Å². The van der Waals surface area contributed by atoms with Crippen LogP contribution in [-0.4, -0.2) is 20.1 Å². The van der Waals surface area contributed by atoms with Gasteiger partial charge in [0.2, 0.25) is 0 Å². The molecule has 2 heterocycles. The van der Waals surface area contributed by atoms with Crippen LogP contribution in [0.4, 0.5) is 11.4 Å². The van der Waals surface area contributed by atoms with E-state index in [1.807, 2.05) is 0 Å². The molecule has 4 rings (SSSR count). The topological polar surface area (TPSA) is 7.68 Å². The Bertz CT molecular complexity index is 1100. The zero-order valence-electron chi connectivity index (χ0n) is 20.4. The second-order valence-corrected chi connectivity index (χ2v) is 10.5. The highest BCUT2D eigenvalue weighted by atomic mass is 15.2. The molecule has 2 nitrogen and oxygen atoms in total. The average molecular weight is 414 g/mol. The molecular weight excluding hydrogens is 376 g/mol. The van der Waals surface area contributed by atoms with Gasteiger partial charge in [0.15, 0.2) is 0 Å². The summed E-state index contributed by atoms with van der Waals surface area (Å²) in [7, 11) is 4.47. The third-order valence-electron chi connectivity index (χ3n) is 7.51. The molecule has 0 amide bonds. The number of allylic oxidation sites excluding steroid dienone is 5. The highest BCUT2D eigenvalue weighted by molar-refractivity contribution is 5.70. The molecule has 0 aromatic heterocycles. The Morgan fingerprint density at radius 2 is 1.52 bits per heavy atom. The van der Waals surface area contributed by atoms with Gasteiger partial charge in [-0.1, -0.05) is 61.4 Å². The molecule has 0 saturated heterocycles. The summed E-state index contributed by atoms with van der Waals surface area (Å²) in [5, 5.41) is 0. The fourth-order valence-electron chi connectivity index (χ4n) is 5.63. The number of nitrogens with zero attached hydrogens (tertiary/aromatic N) is 1. The van der Waals surface area contributed by atoms with Gasteiger partial charge in [0, 0.05) is 29.4 Å². The van der Waals surface area contributed by atoms with Crippen molar-refractivity contribution in [3.05, 3.63) is 94.7 Å². The van der Waals surface area contributed by atoms with Gasteiger partial charge in [-0.2, -0.15) is 0 Å². The Morgan fingerprint density at radius 3 is 2.23 bits per heavy atom. The summed E-state index contributed by atoms with van der Waals surface area (Å²) in [5.74, 6) is 0. The number of hydrogen-bond acceptors (Lipinski definition) is 1. The molecule has 0 bridgehead atoms. The number of hydrogen-bond donors (Lipinski definition) is 1. The lowest BCUT2D eigenvalue weighted by atomic mass is 9.80. The van der Waals surface area contributed by atoms with Gasteiger partial charge < -0.3 is 4.90 Å². The zero-order valence-corrected chi connectivity index (χ0v) is 20.4. The predicted molar refractivity (Wildman–Crippen MR) is 134 cm³/mol. The van der Waals surface area contributed by atoms with Crippen molar-refractivity contribution in [3.63, 3.8) is 0 Å². The van der Waals surface area contributed by atoms with E-state index in [1.165, 1.54) is 44.2 Å². The molecule has 2 aromatic carbocycles. The van der Waals surface area contributed by atoms with Crippen LogP contribution in [0, 0.1) is 13.8 Å². The van der Waals surface area contributed by atoms with Gasteiger partial charge in [-0.3, -0.25) is 4.90 Å². The maximum absolute atomic E-state index is 2.38. The molecule has 2 aliphatic rings. The number of nitrogens with one attached hydrogen (secondary N) is 1. The monoisotopic (exact) mass is 413 g/mol. The van der Waals surface area contributed by atoms with Crippen molar-refractivity contribution < 1.29 is 4.90 Å². The normalized spacial score (nSPS) is 25.0. The van der Waals surface area contributed by atoms with E-state index in [0.717, 1.165) is 0 Å². The van der Waals surface area contributed by atoms with Crippen molar-refractivity contribution in [2.24, 2.45) is 0 Å². The van der Waals surface area contributed by atoms with Crippen LogP contribution in [0.3, 0.4) is 0 Å². The molecule has 2 aliphatic heterocycles. The van der Waals surface area contributed by atoms with E-state index in [2.05, 4.69) is 127 Å². The second kappa shape index (κ2) is 7.53. The SMILES string of the molecule is Cc1ccc2c(c1)C(C)(C)C(=CC=CC=CC1[NH+](C)c3ccc(C)cc3C1(C)C)N2C. The molecular formula is C29H37N2+. The number of benzene rings is 2. The first-order valence-electron chi connectivity index (χ1n) is 11.4. The van der Waals surface area contributed by atoms with Crippen LogP contribution >= 0.6 is 0 Å². The van der Waals surface area contributed by atoms with Crippen LogP contribution in [0.15, 0.2) is 72.5 Å². The van der Waals surface area contributed by atoms with Gasteiger partial charge in [0.25, 0.3) is 0 Å². The molecule has 31 heavy (non-hydrogen) atoms. The Hall–Kier alpha value is -2.58. The minimum absolute atomic E-state index is 0.0153. The summed E-state index contributed by atoms with van der Waals surface area (Å²) in [6.45, 7) is 13.7. The number of anilines is 1. The lowest BCUT2D eigenvalue weighted by Crippen LogP contribution is -3.07. The smallest absolute Gasteiger partial charge is 0.135 e. The number of rotatable bonds is 3. The van der Waals surface area contributed by atoms with Crippen LogP contribution < -0.4 is 9.80 Å². The molecule has 0 spiro atoms. The maximum Gasteiger partial charge on any atom is 0.135 e. The lowest BCUT2D eigenvalue weighted by molar-refractivity contribution is -0.828. The van der Waals surface area contributed by atoms with Gasteiger partial charge in [0.05, 0.1) is 12.5 Å². The van der Waals surface area contributed by atoms with Crippen LogP contribution in [0.2, 0.25) is 0 Å². The van der Waals surface area contributed by atoms with E-state index < -0.39 is 0 Å². The van der Waals surface area contributed by atoms with E-state index in [4.69, 9.17) is 0 Å². The predicted octanol–water partition coefficient (Wildman–Crippen LogP) is 5.53. The number of aryl methyl sites for hydroxylation is 2. The van der Waals surface area contributed by atoms with Crippen molar-refractivity contribution in [3.8, 4) is 0 Å². The quantitative estimate of drug-likeness (QED) is 0.650. The summed E-state index contributed by atoms with van der Waals surface area (Å²) in [6.07, 6.45) is 11.3. The van der Waals surface area contributed by atoms with Gasteiger partial charge in [-0.15, -0.1) is 0 Å². The number of fused-ring (bicyclic) bond motifs is 2. The summed E-state index contributed by atoms with van der Waals surface area (Å²) in [5.41, 5.74) is 9.78. The van der Waals surface area contributed by atoms with E-state index in [1.54, 1.807) is 0 Å². The minimum atomic E-state index is 0.0153.